The van der Waals surface area contributed by atoms with Gasteiger partial charge in [0.1, 0.15) is 0 Å². The summed E-state index contributed by atoms with van der Waals surface area (Å²) in [6.07, 6.45) is 3.73. The largest absolute Gasteiger partial charge is 0.355 e. The topological polar surface area (TPSA) is 52.7 Å². The fourth-order valence-electron chi connectivity index (χ4n) is 4.29. The molecule has 5 heteroatoms. The van der Waals surface area contributed by atoms with Crippen molar-refractivity contribution >= 4 is 17.5 Å². The van der Waals surface area contributed by atoms with E-state index < -0.39 is 0 Å². The van der Waals surface area contributed by atoms with E-state index in [2.05, 4.69) is 72.6 Å². The Bertz CT molecular complexity index is 869. The molecule has 0 aromatic heterocycles. The second-order valence-electron chi connectivity index (χ2n) is 8.86. The summed E-state index contributed by atoms with van der Waals surface area (Å²) in [5.41, 5.74) is 4.64. The maximum atomic E-state index is 12.7. The fourth-order valence-corrected chi connectivity index (χ4v) is 4.29. The molecule has 2 aromatic rings. The highest BCUT2D eigenvalue weighted by Gasteiger charge is 2.28. The molecule has 1 N–H and O–H groups in total. The second kappa shape index (κ2) is 11.8. The highest BCUT2D eigenvalue weighted by atomic mass is 16.2. The Labute approximate surface area is 192 Å². The van der Waals surface area contributed by atoms with Gasteiger partial charge in [0.2, 0.25) is 11.8 Å². The van der Waals surface area contributed by atoms with Crippen LogP contribution in [-0.2, 0) is 16.0 Å². The van der Waals surface area contributed by atoms with Gasteiger partial charge in [-0.1, -0.05) is 54.4 Å². The molecule has 1 aliphatic heterocycles. The molecular formula is C27H37N3O2. The highest BCUT2D eigenvalue weighted by molar-refractivity contribution is 5.93. The van der Waals surface area contributed by atoms with Gasteiger partial charge >= 0.3 is 0 Å². The molecule has 0 saturated carbocycles. The van der Waals surface area contributed by atoms with Gasteiger partial charge in [-0.25, -0.2) is 0 Å². The number of nitrogens with one attached hydrogen (secondary N) is 1. The summed E-state index contributed by atoms with van der Waals surface area (Å²) < 4.78 is 0. The molecule has 3 rings (SSSR count). The third kappa shape index (κ3) is 6.92. The van der Waals surface area contributed by atoms with E-state index in [-0.39, 0.29) is 17.9 Å². The molecule has 0 spiro atoms. The SMILES string of the molecule is CCC(=O)N(c1ccc(C)cc1)C1CCN(CCNC(=O)CCc2ccc(C)cc2)CC1. The minimum absolute atomic E-state index is 0.111. The quantitative estimate of drug-likeness (QED) is 0.640. The summed E-state index contributed by atoms with van der Waals surface area (Å²) in [5.74, 6) is 0.299. The van der Waals surface area contributed by atoms with Crippen molar-refractivity contribution in [3.63, 3.8) is 0 Å². The average Bonchev–Trinajstić information content (AvgIpc) is 2.81. The maximum absolute atomic E-state index is 12.7. The van der Waals surface area contributed by atoms with Crippen LogP contribution in [0.3, 0.4) is 0 Å². The number of carbonyl (C=O) groups excluding carboxylic acids is 2. The Morgan fingerprint density at radius 1 is 0.969 bits per heavy atom. The number of anilines is 1. The van der Waals surface area contributed by atoms with Gasteiger partial charge in [-0.05, 0) is 50.8 Å². The summed E-state index contributed by atoms with van der Waals surface area (Å²) in [7, 11) is 0. The summed E-state index contributed by atoms with van der Waals surface area (Å²) in [4.78, 5) is 29.2. The van der Waals surface area contributed by atoms with E-state index >= 15 is 0 Å². The molecule has 1 fully saturated rings. The van der Waals surface area contributed by atoms with Crippen LogP contribution in [-0.4, -0.2) is 48.9 Å². The van der Waals surface area contributed by atoms with Crippen molar-refractivity contribution in [1.29, 1.82) is 0 Å². The van der Waals surface area contributed by atoms with Gasteiger partial charge in [-0.2, -0.15) is 0 Å². The third-order valence-electron chi connectivity index (χ3n) is 6.32. The van der Waals surface area contributed by atoms with Gasteiger partial charge < -0.3 is 15.1 Å². The number of aryl methyl sites for hydroxylation is 3. The molecule has 1 aliphatic rings. The molecule has 2 aromatic carbocycles. The zero-order chi connectivity index (χ0) is 22.9. The van der Waals surface area contributed by atoms with Crippen molar-refractivity contribution in [2.24, 2.45) is 0 Å². The van der Waals surface area contributed by atoms with Crippen molar-refractivity contribution in [3.8, 4) is 0 Å². The molecule has 0 radical (unpaired) electrons. The van der Waals surface area contributed by atoms with Gasteiger partial charge in [-0.15, -0.1) is 0 Å². The van der Waals surface area contributed by atoms with Crippen molar-refractivity contribution in [2.75, 3.05) is 31.1 Å². The number of likely N-dealkylation sites (tertiary alicyclic amines) is 1. The van der Waals surface area contributed by atoms with E-state index in [1.54, 1.807) is 0 Å². The van der Waals surface area contributed by atoms with Crippen molar-refractivity contribution < 1.29 is 9.59 Å². The Hall–Kier alpha value is -2.66. The van der Waals surface area contributed by atoms with Crippen LogP contribution < -0.4 is 10.2 Å². The average molecular weight is 436 g/mol. The lowest BCUT2D eigenvalue weighted by atomic mass is 10.0. The van der Waals surface area contributed by atoms with E-state index in [0.29, 0.717) is 19.4 Å². The van der Waals surface area contributed by atoms with Crippen LogP contribution in [0.15, 0.2) is 48.5 Å². The van der Waals surface area contributed by atoms with Gasteiger partial charge in [0, 0.05) is 50.7 Å². The van der Waals surface area contributed by atoms with Crippen LogP contribution in [0.5, 0.6) is 0 Å². The number of hydrogen-bond donors (Lipinski definition) is 1. The zero-order valence-corrected chi connectivity index (χ0v) is 19.8. The second-order valence-corrected chi connectivity index (χ2v) is 8.86. The number of piperidine rings is 1. The first-order chi connectivity index (χ1) is 15.5. The van der Waals surface area contributed by atoms with Crippen molar-refractivity contribution in [3.05, 3.63) is 65.2 Å². The molecule has 0 bridgehead atoms. The highest BCUT2D eigenvalue weighted by Crippen LogP contribution is 2.25. The third-order valence-corrected chi connectivity index (χ3v) is 6.32. The molecule has 0 aliphatic carbocycles. The van der Waals surface area contributed by atoms with E-state index in [4.69, 9.17) is 0 Å². The number of nitrogens with zero attached hydrogens (tertiary/aromatic N) is 2. The fraction of sp³-hybridized carbons (Fsp3) is 0.481. The normalized spacial score (nSPS) is 14.8. The van der Waals surface area contributed by atoms with E-state index in [0.717, 1.165) is 44.6 Å². The Morgan fingerprint density at radius 2 is 1.56 bits per heavy atom. The first kappa shape index (κ1) is 24.0. The van der Waals surface area contributed by atoms with Crippen LogP contribution in [0.25, 0.3) is 0 Å². The minimum atomic E-state index is 0.111. The standard InChI is InChI=1S/C27H37N3O2/c1-4-27(32)30(24-12-7-22(3)8-13-24)25-15-18-29(19-16-25)20-17-28-26(31)14-11-23-9-5-21(2)6-10-23/h5-10,12-13,25H,4,11,14-20H2,1-3H3,(H,28,31). The lowest BCUT2D eigenvalue weighted by molar-refractivity contribution is -0.121. The smallest absolute Gasteiger partial charge is 0.226 e. The van der Waals surface area contributed by atoms with Gasteiger partial charge in [0.05, 0.1) is 0 Å². The maximum Gasteiger partial charge on any atom is 0.226 e. The number of hydrogen-bond acceptors (Lipinski definition) is 3. The van der Waals surface area contributed by atoms with E-state index in [9.17, 15) is 9.59 Å². The molecule has 1 saturated heterocycles. The molecule has 5 nitrogen and oxygen atoms in total. The lowest BCUT2D eigenvalue weighted by Gasteiger charge is -2.38. The van der Waals surface area contributed by atoms with Crippen LogP contribution in [0.1, 0.15) is 49.3 Å². The molecular weight excluding hydrogens is 398 g/mol. The summed E-state index contributed by atoms with van der Waals surface area (Å²) >= 11 is 0. The summed E-state index contributed by atoms with van der Waals surface area (Å²) in [6.45, 7) is 9.49. The number of rotatable bonds is 9. The van der Waals surface area contributed by atoms with E-state index in [1.807, 2.05) is 11.8 Å². The Morgan fingerprint density at radius 3 is 2.16 bits per heavy atom. The van der Waals surface area contributed by atoms with Crippen molar-refractivity contribution in [2.45, 2.75) is 58.9 Å². The number of benzene rings is 2. The first-order valence-electron chi connectivity index (χ1n) is 11.9. The predicted octanol–water partition coefficient (Wildman–Crippen LogP) is 4.26. The first-order valence-corrected chi connectivity index (χ1v) is 11.9. The zero-order valence-electron chi connectivity index (χ0n) is 19.8. The van der Waals surface area contributed by atoms with Crippen LogP contribution in [0, 0.1) is 13.8 Å². The van der Waals surface area contributed by atoms with Gasteiger partial charge in [-0.3, -0.25) is 9.59 Å². The van der Waals surface area contributed by atoms with Crippen LogP contribution >= 0.6 is 0 Å². The minimum Gasteiger partial charge on any atom is -0.355 e. The summed E-state index contributed by atoms with van der Waals surface area (Å²) in [5, 5.41) is 3.06. The monoisotopic (exact) mass is 435 g/mol. The van der Waals surface area contributed by atoms with Crippen LogP contribution in [0.4, 0.5) is 5.69 Å². The van der Waals surface area contributed by atoms with Crippen LogP contribution in [0.2, 0.25) is 0 Å². The lowest BCUT2D eigenvalue weighted by Crippen LogP contribution is -2.48. The molecule has 0 unspecified atom stereocenters. The van der Waals surface area contributed by atoms with E-state index in [1.165, 1.54) is 16.7 Å². The Balaban J connectivity index is 1.40. The van der Waals surface area contributed by atoms with Crippen molar-refractivity contribution in [1.82, 2.24) is 10.2 Å². The van der Waals surface area contributed by atoms with Gasteiger partial charge in [0.25, 0.3) is 0 Å². The molecule has 1 heterocycles. The molecule has 32 heavy (non-hydrogen) atoms. The Kier molecular flexibility index (Phi) is 8.86. The van der Waals surface area contributed by atoms with Gasteiger partial charge in [0.15, 0.2) is 0 Å². The molecule has 2 amide bonds. The number of amides is 2. The predicted molar refractivity (Wildman–Crippen MR) is 131 cm³/mol. The number of carbonyl (C=O) groups is 2. The molecule has 0 atom stereocenters. The summed E-state index contributed by atoms with van der Waals surface area (Å²) in [6, 6.07) is 16.9. The molecule has 172 valence electrons.